The number of anilines is 3. The summed E-state index contributed by atoms with van der Waals surface area (Å²) in [7, 11) is 1.36. The highest BCUT2D eigenvalue weighted by molar-refractivity contribution is 5.90. The molecule has 0 amide bonds. The number of nitrogen functional groups attached to an aromatic ring is 1. The molecule has 5 heteroatoms. The van der Waals surface area contributed by atoms with Gasteiger partial charge >= 0.3 is 5.97 Å². The molecule has 0 spiro atoms. The number of carbonyl (C=O) groups excluding carboxylic acids is 1. The summed E-state index contributed by atoms with van der Waals surface area (Å²) in [5.74, 6) is 0.335. The van der Waals surface area contributed by atoms with Crippen LogP contribution < -0.4 is 11.1 Å². The van der Waals surface area contributed by atoms with E-state index in [0.717, 1.165) is 11.3 Å². The monoisotopic (exact) mass is 257 g/mol. The average molecular weight is 257 g/mol. The van der Waals surface area contributed by atoms with Crippen LogP contribution in [-0.2, 0) is 4.74 Å². The highest BCUT2D eigenvalue weighted by atomic mass is 16.5. The van der Waals surface area contributed by atoms with Gasteiger partial charge in [0.15, 0.2) is 0 Å². The first-order valence-corrected chi connectivity index (χ1v) is 5.77. The van der Waals surface area contributed by atoms with Gasteiger partial charge in [0.25, 0.3) is 0 Å². The quantitative estimate of drug-likeness (QED) is 0.826. The van der Waals surface area contributed by atoms with Crippen molar-refractivity contribution in [3.8, 4) is 0 Å². The highest BCUT2D eigenvalue weighted by Crippen LogP contribution is 2.20. The summed E-state index contributed by atoms with van der Waals surface area (Å²) in [6.45, 7) is 1.91. The molecule has 19 heavy (non-hydrogen) atoms. The number of aromatic nitrogens is 1. The van der Waals surface area contributed by atoms with E-state index in [1.54, 1.807) is 24.4 Å². The number of ether oxygens (including phenoxy) is 1. The SMILES string of the molecule is COC(=O)c1cccc(Nc2ncc(N)cc2C)c1. The molecule has 0 unspecified atom stereocenters. The van der Waals surface area contributed by atoms with Crippen molar-refractivity contribution in [2.45, 2.75) is 6.92 Å². The molecule has 1 aromatic heterocycles. The molecule has 98 valence electrons. The van der Waals surface area contributed by atoms with Gasteiger partial charge in [0.05, 0.1) is 24.6 Å². The molecule has 0 bridgehead atoms. The topological polar surface area (TPSA) is 77.2 Å². The number of esters is 1. The maximum Gasteiger partial charge on any atom is 0.337 e. The number of aryl methyl sites for hydroxylation is 1. The van der Waals surface area contributed by atoms with Crippen LogP contribution in [0, 0.1) is 6.92 Å². The van der Waals surface area contributed by atoms with Crippen LogP contribution in [0.25, 0.3) is 0 Å². The first-order chi connectivity index (χ1) is 9.10. The fourth-order valence-corrected chi connectivity index (χ4v) is 1.71. The normalized spacial score (nSPS) is 10.0. The number of benzene rings is 1. The lowest BCUT2D eigenvalue weighted by Gasteiger charge is -2.09. The molecule has 5 nitrogen and oxygen atoms in total. The van der Waals surface area contributed by atoms with Crippen molar-refractivity contribution in [1.29, 1.82) is 0 Å². The zero-order valence-corrected chi connectivity index (χ0v) is 10.8. The lowest BCUT2D eigenvalue weighted by Crippen LogP contribution is -2.03. The van der Waals surface area contributed by atoms with Crippen molar-refractivity contribution in [2.75, 3.05) is 18.2 Å². The second kappa shape index (κ2) is 5.39. The summed E-state index contributed by atoms with van der Waals surface area (Å²) in [4.78, 5) is 15.7. The minimum atomic E-state index is -0.370. The van der Waals surface area contributed by atoms with Crippen LogP contribution in [0.15, 0.2) is 36.5 Å². The van der Waals surface area contributed by atoms with E-state index in [4.69, 9.17) is 5.73 Å². The van der Waals surface area contributed by atoms with E-state index in [1.165, 1.54) is 7.11 Å². The number of hydrogen-bond acceptors (Lipinski definition) is 5. The van der Waals surface area contributed by atoms with E-state index in [2.05, 4.69) is 15.0 Å². The van der Waals surface area contributed by atoms with Crippen LogP contribution in [0.3, 0.4) is 0 Å². The Morgan fingerprint density at radius 3 is 2.84 bits per heavy atom. The molecule has 0 saturated carbocycles. The van der Waals surface area contributed by atoms with Crippen molar-refractivity contribution in [1.82, 2.24) is 4.98 Å². The van der Waals surface area contributed by atoms with E-state index in [-0.39, 0.29) is 5.97 Å². The second-order valence-corrected chi connectivity index (χ2v) is 4.13. The number of nitrogens with one attached hydrogen (secondary N) is 1. The van der Waals surface area contributed by atoms with Crippen molar-refractivity contribution >= 4 is 23.2 Å². The summed E-state index contributed by atoms with van der Waals surface area (Å²) in [6.07, 6.45) is 1.58. The van der Waals surface area contributed by atoms with Gasteiger partial charge in [-0.05, 0) is 36.8 Å². The van der Waals surface area contributed by atoms with Crippen LogP contribution >= 0.6 is 0 Å². The van der Waals surface area contributed by atoms with Crippen molar-refractivity contribution in [3.05, 3.63) is 47.7 Å². The lowest BCUT2D eigenvalue weighted by molar-refractivity contribution is 0.0601. The van der Waals surface area contributed by atoms with E-state index in [9.17, 15) is 4.79 Å². The molecule has 0 aliphatic carbocycles. The molecule has 0 radical (unpaired) electrons. The number of nitrogens with zero attached hydrogens (tertiary/aromatic N) is 1. The number of carbonyl (C=O) groups is 1. The van der Waals surface area contributed by atoms with E-state index in [1.807, 2.05) is 19.1 Å². The second-order valence-electron chi connectivity index (χ2n) is 4.13. The van der Waals surface area contributed by atoms with Gasteiger partial charge in [0, 0.05) is 5.69 Å². The number of nitrogens with two attached hydrogens (primary N) is 1. The Labute approximate surface area is 111 Å². The number of pyridine rings is 1. The number of hydrogen-bond donors (Lipinski definition) is 2. The fourth-order valence-electron chi connectivity index (χ4n) is 1.71. The third-order valence-corrected chi connectivity index (χ3v) is 2.65. The molecule has 0 aliphatic heterocycles. The van der Waals surface area contributed by atoms with Gasteiger partial charge in [-0.15, -0.1) is 0 Å². The fraction of sp³-hybridized carbons (Fsp3) is 0.143. The van der Waals surface area contributed by atoms with Crippen LogP contribution in [-0.4, -0.2) is 18.1 Å². The smallest absolute Gasteiger partial charge is 0.337 e. The van der Waals surface area contributed by atoms with E-state index in [0.29, 0.717) is 17.1 Å². The van der Waals surface area contributed by atoms with Gasteiger partial charge in [0.1, 0.15) is 5.82 Å². The van der Waals surface area contributed by atoms with Crippen LogP contribution in [0.1, 0.15) is 15.9 Å². The summed E-state index contributed by atoms with van der Waals surface area (Å²) < 4.78 is 4.68. The van der Waals surface area contributed by atoms with Gasteiger partial charge in [-0.25, -0.2) is 9.78 Å². The molecule has 0 atom stereocenters. The molecule has 2 aromatic rings. The maximum atomic E-state index is 11.4. The summed E-state index contributed by atoms with van der Waals surface area (Å²) in [5, 5.41) is 3.14. The van der Waals surface area contributed by atoms with E-state index >= 15 is 0 Å². The van der Waals surface area contributed by atoms with Crippen molar-refractivity contribution in [2.24, 2.45) is 0 Å². The third kappa shape index (κ3) is 3.01. The van der Waals surface area contributed by atoms with Crippen molar-refractivity contribution in [3.63, 3.8) is 0 Å². The molecule has 2 rings (SSSR count). The Bertz CT molecular complexity index is 611. The zero-order chi connectivity index (χ0) is 13.8. The van der Waals surface area contributed by atoms with Gasteiger partial charge in [-0.2, -0.15) is 0 Å². The van der Waals surface area contributed by atoms with Crippen LogP contribution in [0.2, 0.25) is 0 Å². The summed E-state index contributed by atoms with van der Waals surface area (Å²) >= 11 is 0. The van der Waals surface area contributed by atoms with Gasteiger partial charge in [-0.1, -0.05) is 6.07 Å². The van der Waals surface area contributed by atoms with Crippen molar-refractivity contribution < 1.29 is 9.53 Å². The highest BCUT2D eigenvalue weighted by Gasteiger charge is 2.07. The van der Waals surface area contributed by atoms with Crippen LogP contribution in [0.5, 0.6) is 0 Å². The van der Waals surface area contributed by atoms with Gasteiger partial charge < -0.3 is 15.8 Å². The molecule has 0 aliphatic rings. The predicted octanol–water partition coefficient (Wildman–Crippen LogP) is 2.50. The number of methoxy groups -OCH3 is 1. The molecular formula is C14H15N3O2. The maximum absolute atomic E-state index is 11.4. The minimum Gasteiger partial charge on any atom is -0.465 e. The predicted molar refractivity (Wildman–Crippen MR) is 74.5 cm³/mol. The molecular weight excluding hydrogens is 242 g/mol. The summed E-state index contributed by atoms with van der Waals surface area (Å²) in [5.41, 5.74) is 8.46. The minimum absolute atomic E-state index is 0.370. The molecule has 1 heterocycles. The van der Waals surface area contributed by atoms with Gasteiger partial charge in [0.2, 0.25) is 0 Å². The van der Waals surface area contributed by atoms with E-state index < -0.39 is 0 Å². The van der Waals surface area contributed by atoms with Gasteiger partial charge in [-0.3, -0.25) is 0 Å². The lowest BCUT2D eigenvalue weighted by atomic mass is 10.2. The number of rotatable bonds is 3. The first kappa shape index (κ1) is 12.9. The molecule has 0 fully saturated rings. The Hall–Kier alpha value is -2.56. The summed E-state index contributed by atoms with van der Waals surface area (Å²) in [6, 6.07) is 8.87. The average Bonchev–Trinajstić information content (AvgIpc) is 2.41. The Morgan fingerprint density at radius 1 is 1.37 bits per heavy atom. The third-order valence-electron chi connectivity index (χ3n) is 2.65. The first-order valence-electron chi connectivity index (χ1n) is 5.77. The standard InChI is InChI=1S/C14H15N3O2/c1-9-6-11(15)8-16-13(9)17-12-5-3-4-10(7-12)14(18)19-2/h3-8H,15H2,1-2H3,(H,16,17). The Balaban J connectivity index is 2.26. The van der Waals surface area contributed by atoms with Crippen LogP contribution in [0.4, 0.5) is 17.2 Å². The largest absolute Gasteiger partial charge is 0.465 e. The molecule has 0 saturated heterocycles. The molecule has 3 N–H and O–H groups in total. The Kier molecular flexibility index (Phi) is 3.66. The Morgan fingerprint density at radius 2 is 2.16 bits per heavy atom. The molecule has 1 aromatic carbocycles. The zero-order valence-electron chi connectivity index (χ0n) is 10.8.